The Bertz CT molecular complexity index is 160. The summed E-state index contributed by atoms with van der Waals surface area (Å²) in [6.07, 6.45) is 6.44. The van der Waals surface area contributed by atoms with Crippen molar-refractivity contribution in [2.45, 2.75) is 51.6 Å². The first-order valence-corrected chi connectivity index (χ1v) is 4.77. The highest BCUT2D eigenvalue weighted by molar-refractivity contribution is 4.91. The van der Waals surface area contributed by atoms with Crippen molar-refractivity contribution in [1.29, 1.82) is 0 Å². The third kappa shape index (κ3) is 2.33. The largest absolute Gasteiger partial charge is 0.244 e. The van der Waals surface area contributed by atoms with Gasteiger partial charge in [0.15, 0.2) is 0 Å². The van der Waals surface area contributed by atoms with Crippen molar-refractivity contribution in [3.8, 4) is 0 Å². The zero-order valence-corrected chi connectivity index (χ0v) is 8.20. The molecule has 0 heterocycles. The van der Waals surface area contributed by atoms with Crippen molar-refractivity contribution >= 4 is 0 Å². The van der Waals surface area contributed by atoms with Crippen LogP contribution in [0.25, 0.3) is 0 Å². The first kappa shape index (κ1) is 9.76. The van der Waals surface area contributed by atoms with Crippen LogP contribution in [-0.2, 0) is 0 Å². The topological polar surface area (TPSA) is 0 Å². The average Bonchev–Trinajstić information content (AvgIpc) is 1.98. The molecule has 70 valence electrons. The maximum absolute atomic E-state index is 13.4. The van der Waals surface area contributed by atoms with E-state index in [4.69, 9.17) is 0 Å². The van der Waals surface area contributed by atoms with Crippen LogP contribution in [0.5, 0.6) is 0 Å². The number of hydrogen-bond donors (Lipinski definition) is 0. The van der Waals surface area contributed by atoms with Gasteiger partial charge in [0, 0.05) is 0 Å². The molecule has 1 saturated carbocycles. The fraction of sp³-hybridized carbons (Fsp3) is 0.818. The third-order valence-corrected chi connectivity index (χ3v) is 3.14. The minimum atomic E-state index is -0.902. The second-order valence-corrected chi connectivity index (χ2v) is 4.72. The summed E-state index contributed by atoms with van der Waals surface area (Å²) in [7, 11) is 0. The van der Waals surface area contributed by atoms with Gasteiger partial charge in [-0.2, -0.15) is 0 Å². The molecule has 0 saturated heterocycles. The molecule has 0 nitrogen and oxygen atoms in total. The standard InChI is InChI=1S/C11H19F/c1-4-5-10(2)6-8-11(3,12)9-7-10/h4H,1,5-9H2,2-3H3. The van der Waals surface area contributed by atoms with Gasteiger partial charge in [-0.1, -0.05) is 13.0 Å². The number of halogens is 1. The Kier molecular flexibility index (Phi) is 2.60. The maximum Gasteiger partial charge on any atom is 0.108 e. The fourth-order valence-electron chi connectivity index (χ4n) is 1.93. The molecule has 0 unspecified atom stereocenters. The normalized spacial score (nSPS) is 42.6. The molecular weight excluding hydrogens is 151 g/mol. The molecule has 0 aliphatic heterocycles. The third-order valence-electron chi connectivity index (χ3n) is 3.14. The van der Waals surface area contributed by atoms with Crippen LogP contribution in [0.3, 0.4) is 0 Å². The molecule has 0 amide bonds. The lowest BCUT2D eigenvalue weighted by atomic mass is 9.69. The second-order valence-electron chi connectivity index (χ2n) is 4.72. The van der Waals surface area contributed by atoms with Crippen molar-refractivity contribution in [3.63, 3.8) is 0 Å². The highest BCUT2D eigenvalue weighted by Gasteiger charge is 2.36. The van der Waals surface area contributed by atoms with Gasteiger partial charge in [0.25, 0.3) is 0 Å². The molecule has 0 N–H and O–H groups in total. The molecule has 1 aliphatic carbocycles. The zero-order chi connectivity index (χ0) is 9.24. The summed E-state index contributed by atoms with van der Waals surface area (Å²) in [4.78, 5) is 0. The number of hydrogen-bond acceptors (Lipinski definition) is 0. The molecular formula is C11H19F. The Morgan fingerprint density at radius 2 is 1.75 bits per heavy atom. The molecule has 0 aromatic heterocycles. The maximum atomic E-state index is 13.4. The molecule has 0 bridgehead atoms. The molecule has 0 atom stereocenters. The first-order valence-electron chi connectivity index (χ1n) is 4.77. The van der Waals surface area contributed by atoms with Crippen molar-refractivity contribution in [3.05, 3.63) is 12.7 Å². The van der Waals surface area contributed by atoms with Gasteiger partial charge in [-0.05, 0) is 44.4 Å². The van der Waals surface area contributed by atoms with Gasteiger partial charge in [-0.3, -0.25) is 0 Å². The van der Waals surface area contributed by atoms with E-state index in [0.29, 0.717) is 5.41 Å². The van der Waals surface area contributed by atoms with E-state index >= 15 is 0 Å². The van der Waals surface area contributed by atoms with Gasteiger partial charge >= 0.3 is 0 Å². The van der Waals surface area contributed by atoms with Gasteiger partial charge in [0.1, 0.15) is 5.67 Å². The van der Waals surface area contributed by atoms with E-state index in [1.54, 1.807) is 6.92 Å². The summed E-state index contributed by atoms with van der Waals surface area (Å²) in [6.45, 7) is 7.71. The van der Waals surface area contributed by atoms with Crippen molar-refractivity contribution in [2.75, 3.05) is 0 Å². The van der Waals surface area contributed by atoms with E-state index in [1.165, 1.54) is 0 Å². The predicted molar refractivity (Wildman–Crippen MR) is 50.9 cm³/mol. The average molecular weight is 170 g/mol. The van der Waals surface area contributed by atoms with E-state index in [9.17, 15) is 4.39 Å². The summed E-state index contributed by atoms with van der Waals surface area (Å²) in [5, 5.41) is 0. The molecule has 0 radical (unpaired) electrons. The van der Waals surface area contributed by atoms with Gasteiger partial charge in [0.2, 0.25) is 0 Å². The second kappa shape index (κ2) is 3.20. The highest BCUT2D eigenvalue weighted by atomic mass is 19.1. The Morgan fingerprint density at radius 1 is 1.25 bits per heavy atom. The predicted octanol–water partition coefficient (Wildman–Crippen LogP) is 3.87. The summed E-state index contributed by atoms with van der Waals surface area (Å²) >= 11 is 0. The Labute approximate surface area is 74.9 Å². The van der Waals surface area contributed by atoms with Gasteiger partial charge in [-0.15, -0.1) is 6.58 Å². The Balaban J connectivity index is 2.49. The smallest absolute Gasteiger partial charge is 0.108 e. The van der Waals surface area contributed by atoms with Crippen LogP contribution in [0.15, 0.2) is 12.7 Å². The quantitative estimate of drug-likeness (QED) is 0.552. The SMILES string of the molecule is C=CCC1(C)CCC(C)(F)CC1. The number of allylic oxidation sites excluding steroid dienone is 1. The first-order chi connectivity index (χ1) is 5.47. The van der Waals surface area contributed by atoms with E-state index in [1.807, 2.05) is 6.08 Å². The van der Waals surface area contributed by atoms with Gasteiger partial charge in [0.05, 0.1) is 0 Å². The number of alkyl halides is 1. The lowest BCUT2D eigenvalue weighted by molar-refractivity contribution is 0.0631. The highest BCUT2D eigenvalue weighted by Crippen LogP contribution is 2.44. The Hall–Kier alpha value is -0.330. The lowest BCUT2D eigenvalue weighted by Crippen LogP contribution is -2.31. The summed E-state index contributed by atoms with van der Waals surface area (Å²) in [6, 6.07) is 0. The number of rotatable bonds is 2. The lowest BCUT2D eigenvalue weighted by Gasteiger charge is -2.38. The minimum absolute atomic E-state index is 0.327. The monoisotopic (exact) mass is 170 g/mol. The van der Waals surface area contributed by atoms with Crippen LogP contribution in [-0.4, -0.2) is 5.67 Å². The van der Waals surface area contributed by atoms with Crippen LogP contribution in [0.4, 0.5) is 4.39 Å². The molecule has 0 spiro atoms. The Morgan fingerprint density at radius 3 is 2.17 bits per heavy atom. The minimum Gasteiger partial charge on any atom is -0.244 e. The van der Waals surface area contributed by atoms with Crippen molar-refractivity contribution < 1.29 is 4.39 Å². The van der Waals surface area contributed by atoms with Crippen LogP contribution < -0.4 is 0 Å². The van der Waals surface area contributed by atoms with Gasteiger partial charge in [-0.25, -0.2) is 4.39 Å². The van der Waals surface area contributed by atoms with E-state index in [-0.39, 0.29) is 0 Å². The molecule has 1 rings (SSSR count). The van der Waals surface area contributed by atoms with E-state index < -0.39 is 5.67 Å². The van der Waals surface area contributed by atoms with Crippen LogP contribution >= 0.6 is 0 Å². The summed E-state index contributed by atoms with van der Waals surface area (Å²) in [5.74, 6) is 0. The van der Waals surface area contributed by atoms with E-state index in [0.717, 1.165) is 32.1 Å². The summed E-state index contributed by atoms with van der Waals surface area (Å²) < 4.78 is 13.4. The molecule has 0 aromatic carbocycles. The van der Waals surface area contributed by atoms with E-state index in [2.05, 4.69) is 13.5 Å². The van der Waals surface area contributed by atoms with Gasteiger partial charge < -0.3 is 0 Å². The van der Waals surface area contributed by atoms with Crippen LogP contribution in [0, 0.1) is 5.41 Å². The molecule has 1 aliphatic rings. The van der Waals surface area contributed by atoms with Crippen LogP contribution in [0.1, 0.15) is 46.0 Å². The van der Waals surface area contributed by atoms with Crippen molar-refractivity contribution in [1.82, 2.24) is 0 Å². The zero-order valence-electron chi connectivity index (χ0n) is 8.20. The fourth-order valence-corrected chi connectivity index (χ4v) is 1.93. The molecule has 1 fully saturated rings. The van der Waals surface area contributed by atoms with Crippen molar-refractivity contribution in [2.24, 2.45) is 5.41 Å². The summed E-state index contributed by atoms with van der Waals surface area (Å²) in [5.41, 5.74) is -0.575. The van der Waals surface area contributed by atoms with Crippen LogP contribution in [0.2, 0.25) is 0 Å². The molecule has 12 heavy (non-hydrogen) atoms. The molecule has 0 aromatic rings. The molecule has 1 heteroatoms.